The molecule has 2 unspecified atom stereocenters. The van der Waals surface area contributed by atoms with Crippen molar-refractivity contribution in [1.29, 1.82) is 0 Å². The molecule has 0 bridgehead atoms. The molecular formula is C13H30N2. The van der Waals surface area contributed by atoms with Crippen LogP contribution in [0.4, 0.5) is 0 Å². The molecule has 0 radical (unpaired) electrons. The zero-order chi connectivity index (χ0) is 11.7. The highest BCUT2D eigenvalue weighted by molar-refractivity contribution is 4.69. The molecule has 0 aliphatic heterocycles. The normalized spacial score (nSPS) is 15.6. The highest BCUT2D eigenvalue weighted by atomic mass is 14.9. The molecule has 0 fully saturated rings. The van der Waals surface area contributed by atoms with Crippen LogP contribution in [-0.2, 0) is 0 Å². The molecular weight excluding hydrogens is 184 g/mol. The largest absolute Gasteiger partial charge is 0.327 e. The molecule has 0 saturated carbocycles. The van der Waals surface area contributed by atoms with Crippen LogP contribution in [0.25, 0.3) is 0 Å². The number of hydrogen-bond donors (Lipinski definition) is 2. The molecule has 2 heteroatoms. The molecule has 2 atom stereocenters. The minimum Gasteiger partial charge on any atom is -0.327 e. The summed E-state index contributed by atoms with van der Waals surface area (Å²) in [6, 6.07) is 0.938. The van der Waals surface area contributed by atoms with Gasteiger partial charge in [0, 0.05) is 18.6 Å². The first-order chi connectivity index (χ1) is 7.06. The molecule has 92 valence electrons. The molecule has 0 spiro atoms. The Balaban J connectivity index is 3.39. The van der Waals surface area contributed by atoms with Crippen LogP contribution < -0.4 is 11.1 Å². The molecule has 15 heavy (non-hydrogen) atoms. The Morgan fingerprint density at radius 1 is 1.13 bits per heavy atom. The van der Waals surface area contributed by atoms with Crippen LogP contribution >= 0.6 is 0 Å². The van der Waals surface area contributed by atoms with Gasteiger partial charge in [0.15, 0.2) is 0 Å². The van der Waals surface area contributed by atoms with E-state index < -0.39 is 0 Å². The van der Waals surface area contributed by atoms with Crippen LogP contribution in [0.2, 0.25) is 0 Å². The summed E-state index contributed by atoms with van der Waals surface area (Å²) in [5.74, 6) is 0.706. The minimum absolute atomic E-state index is 0.318. The van der Waals surface area contributed by atoms with Crippen LogP contribution in [-0.4, -0.2) is 18.6 Å². The summed E-state index contributed by atoms with van der Waals surface area (Å²) < 4.78 is 0. The summed E-state index contributed by atoms with van der Waals surface area (Å²) in [4.78, 5) is 0. The SMILES string of the molecule is CCCCCC(C)NCC(N)CC(C)C. The molecule has 3 N–H and O–H groups in total. The van der Waals surface area contributed by atoms with Gasteiger partial charge >= 0.3 is 0 Å². The smallest absolute Gasteiger partial charge is 0.0167 e. The van der Waals surface area contributed by atoms with Gasteiger partial charge in [-0.15, -0.1) is 0 Å². The standard InChI is InChI=1S/C13H30N2/c1-5-6-7-8-12(4)15-10-13(14)9-11(2)3/h11-13,15H,5-10,14H2,1-4H3. The highest BCUT2D eigenvalue weighted by Gasteiger charge is 2.07. The van der Waals surface area contributed by atoms with E-state index in [1.807, 2.05) is 0 Å². The molecule has 0 rings (SSSR count). The van der Waals surface area contributed by atoms with Gasteiger partial charge < -0.3 is 11.1 Å². The second kappa shape index (κ2) is 9.17. The Morgan fingerprint density at radius 2 is 1.80 bits per heavy atom. The third-order valence-corrected chi connectivity index (χ3v) is 2.74. The summed E-state index contributed by atoms with van der Waals surface area (Å²) in [5, 5.41) is 3.52. The van der Waals surface area contributed by atoms with Crippen molar-refractivity contribution in [2.75, 3.05) is 6.54 Å². The van der Waals surface area contributed by atoms with Gasteiger partial charge in [0.1, 0.15) is 0 Å². The summed E-state index contributed by atoms with van der Waals surface area (Å²) >= 11 is 0. The van der Waals surface area contributed by atoms with E-state index >= 15 is 0 Å². The van der Waals surface area contributed by atoms with Gasteiger partial charge in [-0.05, 0) is 25.7 Å². The number of nitrogens with one attached hydrogen (secondary N) is 1. The lowest BCUT2D eigenvalue weighted by molar-refractivity contribution is 0.423. The van der Waals surface area contributed by atoms with E-state index in [1.165, 1.54) is 25.7 Å². The molecule has 0 aliphatic rings. The number of rotatable bonds is 9. The van der Waals surface area contributed by atoms with Crippen LogP contribution in [0.15, 0.2) is 0 Å². The summed E-state index contributed by atoms with van der Waals surface area (Å²) in [5.41, 5.74) is 6.02. The van der Waals surface area contributed by atoms with Crippen molar-refractivity contribution < 1.29 is 0 Å². The van der Waals surface area contributed by atoms with E-state index in [4.69, 9.17) is 5.73 Å². The Hall–Kier alpha value is -0.0800. The fourth-order valence-electron chi connectivity index (χ4n) is 1.84. The van der Waals surface area contributed by atoms with Gasteiger partial charge in [-0.1, -0.05) is 40.0 Å². The van der Waals surface area contributed by atoms with Gasteiger partial charge in [-0.2, -0.15) is 0 Å². The van der Waals surface area contributed by atoms with Crippen molar-refractivity contribution in [1.82, 2.24) is 5.32 Å². The molecule has 0 saturated heterocycles. The van der Waals surface area contributed by atoms with Crippen LogP contribution in [0, 0.1) is 5.92 Å². The number of unbranched alkanes of at least 4 members (excludes halogenated alkanes) is 2. The van der Waals surface area contributed by atoms with Crippen molar-refractivity contribution in [2.24, 2.45) is 11.7 Å². The van der Waals surface area contributed by atoms with Gasteiger partial charge in [0.2, 0.25) is 0 Å². The molecule has 0 aromatic rings. The summed E-state index contributed by atoms with van der Waals surface area (Å²) in [6.45, 7) is 9.93. The lowest BCUT2D eigenvalue weighted by atomic mass is 10.0. The summed E-state index contributed by atoms with van der Waals surface area (Å²) in [7, 11) is 0. The summed E-state index contributed by atoms with van der Waals surface area (Å²) in [6.07, 6.45) is 6.39. The highest BCUT2D eigenvalue weighted by Crippen LogP contribution is 2.04. The fraction of sp³-hybridized carbons (Fsp3) is 1.00. The topological polar surface area (TPSA) is 38.0 Å². The van der Waals surface area contributed by atoms with Crippen molar-refractivity contribution in [3.63, 3.8) is 0 Å². The minimum atomic E-state index is 0.318. The third kappa shape index (κ3) is 10.2. The lowest BCUT2D eigenvalue weighted by Crippen LogP contribution is -2.39. The van der Waals surface area contributed by atoms with Crippen molar-refractivity contribution in [2.45, 2.75) is 71.9 Å². The maximum Gasteiger partial charge on any atom is 0.0167 e. The van der Waals surface area contributed by atoms with Crippen LogP contribution in [0.5, 0.6) is 0 Å². The van der Waals surface area contributed by atoms with E-state index in [0.29, 0.717) is 18.0 Å². The first-order valence-corrected chi connectivity index (χ1v) is 6.55. The predicted octanol–water partition coefficient (Wildman–Crippen LogP) is 2.92. The Morgan fingerprint density at radius 3 is 2.33 bits per heavy atom. The number of hydrogen-bond acceptors (Lipinski definition) is 2. The molecule has 0 aromatic carbocycles. The van der Waals surface area contributed by atoms with Gasteiger partial charge in [-0.25, -0.2) is 0 Å². The monoisotopic (exact) mass is 214 g/mol. The average Bonchev–Trinajstić information content (AvgIpc) is 2.14. The second-order valence-electron chi connectivity index (χ2n) is 5.19. The van der Waals surface area contributed by atoms with E-state index in [1.54, 1.807) is 0 Å². The van der Waals surface area contributed by atoms with E-state index in [9.17, 15) is 0 Å². The second-order valence-corrected chi connectivity index (χ2v) is 5.19. The Kier molecular flexibility index (Phi) is 9.12. The van der Waals surface area contributed by atoms with Crippen molar-refractivity contribution >= 4 is 0 Å². The van der Waals surface area contributed by atoms with Crippen LogP contribution in [0.1, 0.15) is 59.8 Å². The molecule has 0 heterocycles. The predicted molar refractivity (Wildman–Crippen MR) is 69.0 cm³/mol. The first kappa shape index (κ1) is 14.9. The van der Waals surface area contributed by atoms with E-state index in [0.717, 1.165) is 13.0 Å². The van der Waals surface area contributed by atoms with Crippen molar-refractivity contribution in [3.8, 4) is 0 Å². The van der Waals surface area contributed by atoms with Gasteiger partial charge in [0.25, 0.3) is 0 Å². The first-order valence-electron chi connectivity index (χ1n) is 6.55. The fourth-order valence-corrected chi connectivity index (χ4v) is 1.84. The zero-order valence-corrected chi connectivity index (χ0v) is 11.1. The van der Waals surface area contributed by atoms with Crippen molar-refractivity contribution in [3.05, 3.63) is 0 Å². The molecule has 0 aliphatic carbocycles. The Labute approximate surface area is 96.0 Å². The maximum atomic E-state index is 6.02. The third-order valence-electron chi connectivity index (χ3n) is 2.74. The Bertz CT molecular complexity index is 134. The molecule has 2 nitrogen and oxygen atoms in total. The molecule has 0 aromatic heterocycles. The number of nitrogens with two attached hydrogens (primary N) is 1. The van der Waals surface area contributed by atoms with Gasteiger partial charge in [-0.3, -0.25) is 0 Å². The lowest BCUT2D eigenvalue weighted by Gasteiger charge is -2.19. The van der Waals surface area contributed by atoms with E-state index in [-0.39, 0.29) is 0 Å². The maximum absolute atomic E-state index is 6.02. The zero-order valence-electron chi connectivity index (χ0n) is 11.1. The quantitative estimate of drug-likeness (QED) is 0.579. The van der Waals surface area contributed by atoms with Crippen LogP contribution in [0.3, 0.4) is 0 Å². The van der Waals surface area contributed by atoms with E-state index in [2.05, 4.69) is 33.0 Å². The average molecular weight is 214 g/mol. The van der Waals surface area contributed by atoms with Gasteiger partial charge in [0.05, 0.1) is 0 Å². The molecule has 0 amide bonds.